The minimum atomic E-state index is -4.78. The molecule has 3 amide bonds. The van der Waals surface area contributed by atoms with Crippen LogP contribution < -0.4 is 5.73 Å². The van der Waals surface area contributed by atoms with E-state index in [9.17, 15) is 32.7 Å². The summed E-state index contributed by atoms with van der Waals surface area (Å²) in [5.74, 6) is -1.50. The third kappa shape index (κ3) is 6.42. The van der Waals surface area contributed by atoms with Crippen molar-refractivity contribution in [2.24, 2.45) is 5.73 Å². The predicted octanol–water partition coefficient (Wildman–Crippen LogP) is 3.02. The van der Waals surface area contributed by atoms with Gasteiger partial charge in [-0.05, 0) is 55.7 Å². The average molecular weight is 599 g/mol. The fourth-order valence-electron chi connectivity index (χ4n) is 5.58. The molecule has 3 N–H and O–H groups in total. The molecule has 43 heavy (non-hydrogen) atoms. The van der Waals surface area contributed by atoms with E-state index in [0.717, 1.165) is 17.8 Å². The summed E-state index contributed by atoms with van der Waals surface area (Å²) in [5, 5.41) is 13.5. The van der Waals surface area contributed by atoms with Crippen LogP contribution in [0, 0.1) is 0 Å². The maximum Gasteiger partial charge on any atom is 0.435 e. The number of alkyl halides is 3. The van der Waals surface area contributed by atoms with Crippen molar-refractivity contribution >= 4 is 17.7 Å². The number of aromatic nitrogens is 2. The van der Waals surface area contributed by atoms with E-state index in [1.807, 2.05) is 0 Å². The third-order valence-electron chi connectivity index (χ3n) is 8.03. The minimum Gasteiger partial charge on any atom is -0.393 e. The molecule has 3 heterocycles. The smallest absolute Gasteiger partial charge is 0.393 e. The van der Waals surface area contributed by atoms with Gasteiger partial charge in [0.2, 0.25) is 11.8 Å². The van der Waals surface area contributed by atoms with Crippen LogP contribution in [0.5, 0.6) is 0 Å². The third-order valence-corrected chi connectivity index (χ3v) is 8.03. The molecule has 13 heteroatoms. The summed E-state index contributed by atoms with van der Waals surface area (Å²) < 4.78 is 42.8. The monoisotopic (exact) mass is 598 g/mol. The number of aliphatic hydroxyl groups is 1. The van der Waals surface area contributed by atoms with E-state index in [0.29, 0.717) is 43.6 Å². The van der Waals surface area contributed by atoms with E-state index in [-0.39, 0.29) is 47.5 Å². The summed E-state index contributed by atoms with van der Waals surface area (Å²) in [4.78, 5) is 43.5. The Bertz CT molecular complexity index is 1520. The van der Waals surface area contributed by atoms with Gasteiger partial charge >= 0.3 is 6.18 Å². The molecule has 0 unspecified atom stereocenters. The normalized spacial score (nSPS) is 18.2. The number of likely N-dealkylation sites (N-methyl/N-ethyl adjacent to an activating group) is 1. The van der Waals surface area contributed by atoms with Crippen LogP contribution in [0.15, 0.2) is 60.0 Å². The molecule has 1 saturated heterocycles. The molecule has 2 aliphatic heterocycles. The van der Waals surface area contributed by atoms with Crippen molar-refractivity contribution in [3.8, 4) is 5.69 Å². The Morgan fingerprint density at radius 3 is 2.60 bits per heavy atom. The van der Waals surface area contributed by atoms with Crippen LogP contribution in [-0.2, 0) is 17.4 Å². The van der Waals surface area contributed by atoms with Gasteiger partial charge in [-0.3, -0.25) is 14.4 Å². The maximum absolute atomic E-state index is 14.0. The number of aliphatic hydroxyl groups excluding tert-OH is 1. The number of benzene rings is 1. The number of hydrogen-bond donors (Lipinski definition) is 2. The maximum atomic E-state index is 14.0. The lowest BCUT2D eigenvalue weighted by atomic mass is 10.0. The van der Waals surface area contributed by atoms with Gasteiger partial charge in [-0.15, -0.1) is 0 Å². The number of carbonyl (C=O) groups excluding carboxylic acids is 3. The lowest BCUT2D eigenvalue weighted by Crippen LogP contribution is -2.38. The minimum absolute atomic E-state index is 0.0179. The van der Waals surface area contributed by atoms with E-state index < -0.39 is 23.7 Å². The number of allylic oxidation sites excluding steroid dienone is 4. The second kappa shape index (κ2) is 12.2. The Kier molecular flexibility index (Phi) is 8.56. The number of hydrogen-bond acceptors (Lipinski definition) is 6. The van der Waals surface area contributed by atoms with Gasteiger partial charge in [0.1, 0.15) is 5.69 Å². The number of halogens is 3. The molecule has 1 aromatic heterocycles. The van der Waals surface area contributed by atoms with Gasteiger partial charge in [-0.2, -0.15) is 18.3 Å². The zero-order chi connectivity index (χ0) is 30.9. The Morgan fingerprint density at radius 1 is 1.16 bits per heavy atom. The highest BCUT2D eigenvalue weighted by molar-refractivity contribution is 5.98. The second-order valence-electron chi connectivity index (χ2n) is 10.8. The summed E-state index contributed by atoms with van der Waals surface area (Å²) in [6, 6.07) is 5.64. The van der Waals surface area contributed by atoms with Crippen LogP contribution in [0.2, 0.25) is 0 Å². The molecule has 5 rings (SSSR count). The molecule has 0 saturated carbocycles. The molecule has 1 aromatic carbocycles. The van der Waals surface area contributed by atoms with Crippen LogP contribution in [0.3, 0.4) is 0 Å². The highest BCUT2D eigenvalue weighted by Gasteiger charge is 2.43. The number of nitrogens with zero attached hydrogens (tertiary/aromatic N) is 5. The zero-order valence-corrected chi connectivity index (χ0v) is 23.7. The van der Waals surface area contributed by atoms with Crippen molar-refractivity contribution in [2.45, 2.75) is 44.4 Å². The Morgan fingerprint density at radius 2 is 1.91 bits per heavy atom. The van der Waals surface area contributed by atoms with Crippen molar-refractivity contribution in [1.82, 2.24) is 24.5 Å². The van der Waals surface area contributed by atoms with Crippen molar-refractivity contribution in [2.75, 3.05) is 33.2 Å². The van der Waals surface area contributed by atoms with E-state index >= 15 is 0 Å². The summed E-state index contributed by atoms with van der Waals surface area (Å²) in [7, 11) is 1.67. The Balaban J connectivity index is 1.38. The van der Waals surface area contributed by atoms with E-state index in [2.05, 4.69) is 10.00 Å². The number of nitrogens with two attached hydrogens (primary N) is 1. The lowest BCUT2D eigenvalue weighted by molar-refractivity contribution is -0.142. The summed E-state index contributed by atoms with van der Waals surface area (Å²) >= 11 is 0. The van der Waals surface area contributed by atoms with Crippen LogP contribution in [0.4, 0.5) is 13.2 Å². The number of likely N-dealkylation sites (tertiary alicyclic amines) is 1. The van der Waals surface area contributed by atoms with Crippen LogP contribution in [-0.4, -0.2) is 86.6 Å². The molecule has 10 nitrogen and oxygen atoms in total. The largest absolute Gasteiger partial charge is 0.435 e. The van der Waals surface area contributed by atoms with Gasteiger partial charge in [0.25, 0.3) is 5.91 Å². The Labute approximate surface area is 246 Å². The van der Waals surface area contributed by atoms with Crippen LogP contribution in [0.1, 0.15) is 57.8 Å². The number of amides is 3. The van der Waals surface area contributed by atoms with Gasteiger partial charge in [0.05, 0.1) is 11.8 Å². The molecule has 228 valence electrons. The van der Waals surface area contributed by atoms with Gasteiger partial charge < -0.3 is 25.5 Å². The van der Waals surface area contributed by atoms with Crippen molar-refractivity contribution in [1.29, 1.82) is 0 Å². The van der Waals surface area contributed by atoms with Gasteiger partial charge in [-0.1, -0.05) is 12.1 Å². The predicted molar refractivity (Wildman–Crippen MR) is 151 cm³/mol. The number of fused-ring (bicyclic) bond motifs is 1. The molecule has 0 radical (unpaired) electrons. The first kappa shape index (κ1) is 30.2. The summed E-state index contributed by atoms with van der Waals surface area (Å²) in [6.45, 7) is 2.11. The zero-order valence-electron chi connectivity index (χ0n) is 23.7. The lowest BCUT2D eigenvalue weighted by Gasteiger charge is -2.29. The van der Waals surface area contributed by atoms with E-state index in [1.54, 1.807) is 36.3 Å². The standard InChI is InChI=1S/C30H33F3N6O4/c1-36(25(41)13-16-37-14-10-23(40)11-15-37)20-5-3-6-21(9-8-20)38-17-12-24-26(29(38)43)39(35-27(24)30(31,32)33)22-7-2-4-19(18-22)28(34)42/h2-5,7-9,18,23,40H,6,10-17H2,1H3,(H2,34,42). The number of piperidine rings is 1. The number of carbonyl (C=O) groups is 3. The first-order chi connectivity index (χ1) is 20.4. The molecular formula is C30H33F3N6O4. The van der Waals surface area contributed by atoms with E-state index in [1.165, 1.54) is 29.2 Å². The molecule has 2 aromatic rings. The average Bonchev–Trinajstić information content (AvgIpc) is 3.23. The fraction of sp³-hybridized carbons (Fsp3) is 0.400. The van der Waals surface area contributed by atoms with Gasteiger partial charge in [0.15, 0.2) is 5.69 Å². The van der Waals surface area contributed by atoms with Crippen LogP contribution in [0.25, 0.3) is 5.69 Å². The molecule has 0 spiro atoms. The molecule has 0 bridgehead atoms. The van der Waals surface area contributed by atoms with Crippen molar-refractivity contribution < 1.29 is 32.7 Å². The quantitative estimate of drug-likeness (QED) is 0.505. The first-order valence-corrected chi connectivity index (χ1v) is 14.1. The fourth-order valence-corrected chi connectivity index (χ4v) is 5.58. The second-order valence-corrected chi connectivity index (χ2v) is 10.8. The Hall–Kier alpha value is -4.23. The van der Waals surface area contributed by atoms with Crippen molar-refractivity contribution in [3.63, 3.8) is 0 Å². The molecular weight excluding hydrogens is 565 g/mol. The summed E-state index contributed by atoms with van der Waals surface area (Å²) in [5.41, 5.74) is 5.14. The number of rotatable bonds is 7. The highest BCUT2D eigenvalue weighted by atomic mass is 19.4. The van der Waals surface area contributed by atoms with Gasteiger partial charge in [0, 0.05) is 68.6 Å². The van der Waals surface area contributed by atoms with E-state index in [4.69, 9.17) is 5.73 Å². The topological polar surface area (TPSA) is 125 Å². The van der Waals surface area contributed by atoms with Crippen LogP contribution >= 0.6 is 0 Å². The summed E-state index contributed by atoms with van der Waals surface area (Å²) in [6.07, 6.45) is 3.87. The highest BCUT2D eigenvalue weighted by Crippen LogP contribution is 2.37. The molecule has 1 fully saturated rings. The molecule has 0 atom stereocenters. The van der Waals surface area contributed by atoms with Gasteiger partial charge in [-0.25, -0.2) is 4.68 Å². The molecule has 1 aliphatic carbocycles. The molecule has 3 aliphatic rings. The SMILES string of the molecule is CN(C(=O)CCN1CCC(O)CC1)C1=CC=C(N2CCc3c(C(F)(F)F)nn(-c4cccc(C(N)=O)c4)c3C2=O)CC=C1. The first-order valence-electron chi connectivity index (χ1n) is 14.1. The number of primary amides is 1. The van der Waals surface area contributed by atoms with Crippen molar-refractivity contribution in [3.05, 3.63) is 82.5 Å².